The molecule has 0 spiro atoms. The van der Waals surface area contributed by atoms with Gasteiger partial charge in [-0.3, -0.25) is 14.7 Å². The summed E-state index contributed by atoms with van der Waals surface area (Å²) in [7, 11) is 0. The average molecular weight is 690 g/mol. The Morgan fingerprint density at radius 3 is 2.32 bits per heavy atom. The SMILES string of the molecule is CCC(COc1cccnc1C1CCN(C(=O)C(Cc2ccc(Cl)cc2Cl)NC(=O)N2CCCC2)CC1)N1CCCC1.Cl.Cl. The molecule has 0 saturated carbocycles. The van der Waals surface area contributed by atoms with Gasteiger partial charge in [0.25, 0.3) is 0 Å². The van der Waals surface area contributed by atoms with Gasteiger partial charge in [0, 0.05) is 60.8 Å². The number of rotatable bonds is 10. The highest BCUT2D eigenvalue weighted by atomic mass is 35.5. The Morgan fingerprint density at radius 2 is 1.66 bits per heavy atom. The van der Waals surface area contributed by atoms with Crippen molar-refractivity contribution in [3.05, 3.63) is 57.8 Å². The average Bonchev–Trinajstić information content (AvgIpc) is 3.74. The quantitative estimate of drug-likeness (QED) is 0.304. The number of halogens is 4. The molecule has 3 aliphatic heterocycles. The first-order valence-electron chi connectivity index (χ1n) is 15.5. The van der Waals surface area contributed by atoms with Gasteiger partial charge in [-0.1, -0.05) is 36.2 Å². The van der Waals surface area contributed by atoms with Crippen LogP contribution in [0, 0.1) is 0 Å². The van der Waals surface area contributed by atoms with Crippen molar-refractivity contribution in [3.8, 4) is 5.75 Å². The van der Waals surface area contributed by atoms with Gasteiger partial charge in [-0.25, -0.2) is 4.79 Å². The third kappa shape index (κ3) is 9.29. The van der Waals surface area contributed by atoms with E-state index in [0.29, 0.717) is 55.3 Å². The number of hydrogen-bond acceptors (Lipinski definition) is 5. The maximum Gasteiger partial charge on any atom is 0.318 e. The van der Waals surface area contributed by atoms with Crippen LogP contribution in [-0.4, -0.2) is 89.6 Å². The summed E-state index contributed by atoms with van der Waals surface area (Å²) in [5.74, 6) is 0.981. The number of carbonyl (C=O) groups is 2. The van der Waals surface area contributed by atoms with Gasteiger partial charge in [-0.15, -0.1) is 24.8 Å². The fourth-order valence-electron chi connectivity index (χ4n) is 6.47. The lowest BCUT2D eigenvalue weighted by Gasteiger charge is -2.35. The highest BCUT2D eigenvalue weighted by Crippen LogP contribution is 2.33. The molecule has 2 unspecified atom stereocenters. The van der Waals surface area contributed by atoms with E-state index in [0.717, 1.165) is 62.2 Å². The van der Waals surface area contributed by atoms with E-state index in [-0.39, 0.29) is 42.7 Å². The van der Waals surface area contributed by atoms with E-state index in [4.69, 9.17) is 32.9 Å². The molecule has 3 fully saturated rings. The number of aromatic nitrogens is 1. The largest absolute Gasteiger partial charge is 0.490 e. The molecule has 3 amide bonds. The maximum absolute atomic E-state index is 13.9. The summed E-state index contributed by atoms with van der Waals surface area (Å²) < 4.78 is 6.39. The number of carbonyl (C=O) groups excluding carboxylic acids is 2. The summed E-state index contributed by atoms with van der Waals surface area (Å²) in [4.78, 5) is 37.8. The number of pyridine rings is 1. The van der Waals surface area contributed by atoms with Crippen LogP contribution in [-0.2, 0) is 11.2 Å². The highest BCUT2D eigenvalue weighted by molar-refractivity contribution is 6.35. The summed E-state index contributed by atoms with van der Waals surface area (Å²) >= 11 is 12.6. The third-order valence-corrected chi connectivity index (χ3v) is 9.57. The molecule has 1 N–H and O–H groups in total. The van der Waals surface area contributed by atoms with Crippen LogP contribution in [0.4, 0.5) is 4.79 Å². The number of nitrogens with one attached hydrogen (secondary N) is 1. The lowest BCUT2D eigenvalue weighted by atomic mass is 9.91. The van der Waals surface area contributed by atoms with E-state index >= 15 is 0 Å². The minimum absolute atomic E-state index is 0. The highest BCUT2D eigenvalue weighted by Gasteiger charge is 2.33. The Labute approximate surface area is 284 Å². The van der Waals surface area contributed by atoms with Crippen molar-refractivity contribution in [1.82, 2.24) is 25.0 Å². The van der Waals surface area contributed by atoms with E-state index in [1.165, 1.54) is 12.8 Å². The van der Waals surface area contributed by atoms with Crippen molar-refractivity contribution in [2.45, 2.75) is 76.3 Å². The summed E-state index contributed by atoms with van der Waals surface area (Å²) in [6, 6.07) is 8.74. The zero-order valence-corrected chi connectivity index (χ0v) is 28.5. The molecule has 5 rings (SSSR count). The molecule has 0 bridgehead atoms. The Morgan fingerprint density at radius 1 is 0.977 bits per heavy atom. The molecular formula is C32H45Cl4N5O3. The van der Waals surface area contributed by atoms with Gasteiger partial charge in [0.1, 0.15) is 18.4 Å². The molecule has 4 heterocycles. The fraction of sp³-hybridized carbons (Fsp3) is 0.594. The van der Waals surface area contributed by atoms with Crippen molar-refractivity contribution >= 4 is 60.0 Å². The maximum atomic E-state index is 13.9. The van der Waals surface area contributed by atoms with Crippen LogP contribution in [0.1, 0.15) is 69.0 Å². The standard InChI is InChI=1S/C32H43Cl2N5O3.2ClH/c1-2-26(37-14-3-4-15-37)22-42-29-8-7-13-35-30(29)23-11-18-38(19-12-23)31(40)28(36-32(41)39-16-5-6-17-39)20-24-9-10-25(33)21-27(24)34;;/h7-10,13,21,23,26,28H,2-6,11-12,14-20,22H2,1H3,(H,36,41);2*1H. The zero-order chi connectivity index (χ0) is 29.5. The Balaban J connectivity index is 0.00000264. The van der Waals surface area contributed by atoms with E-state index in [2.05, 4.69) is 17.1 Å². The molecule has 3 saturated heterocycles. The van der Waals surface area contributed by atoms with Gasteiger partial charge in [0.15, 0.2) is 0 Å². The van der Waals surface area contributed by atoms with Crippen molar-refractivity contribution in [2.75, 3.05) is 45.9 Å². The summed E-state index contributed by atoms with van der Waals surface area (Å²) in [5.41, 5.74) is 1.76. The first-order chi connectivity index (χ1) is 20.4. The van der Waals surface area contributed by atoms with Crippen molar-refractivity contribution in [1.29, 1.82) is 0 Å². The zero-order valence-electron chi connectivity index (χ0n) is 25.4. The lowest BCUT2D eigenvalue weighted by molar-refractivity contribution is -0.134. The summed E-state index contributed by atoms with van der Waals surface area (Å²) in [5, 5.41) is 4.05. The van der Waals surface area contributed by atoms with Crippen molar-refractivity contribution < 1.29 is 14.3 Å². The molecular weight excluding hydrogens is 644 g/mol. The molecule has 8 nitrogen and oxygen atoms in total. The van der Waals surface area contributed by atoms with Gasteiger partial charge >= 0.3 is 6.03 Å². The number of benzene rings is 1. The molecule has 0 radical (unpaired) electrons. The number of hydrogen-bond donors (Lipinski definition) is 1. The molecule has 12 heteroatoms. The van der Waals surface area contributed by atoms with Crippen molar-refractivity contribution in [2.24, 2.45) is 0 Å². The molecule has 3 aliphatic rings. The Hall–Kier alpha value is -1.97. The van der Waals surface area contributed by atoms with E-state index in [9.17, 15) is 9.59 Å². The van der Waals surface area contributed by atoms with Crippen molar-refractivity contribution in [3.63, 3.8) is 0 Å². The normalized spacial score (nSPS) is 18.7. The second-order valence-electron chi connectivity index (χ2n) is 11.7. The van der Waals surface area contributed by atoms with E-state index < -0.39 is 6.04 Å². The van der Waals surface area contributed by atoms with Gasteiger partial charge in [0.05, 0.1) is 5.69 Å². The molecule has 244 valence electrons. The van der Waals surface area contributed by atoms with Crippen LogP contribution in [0.5, 0.6) is 5.75 Å². The lowest BCUT2D eigenvalue weighted by Crippen LogP contribution is -2.54. The van der Waals surface area contributed by atoms with Gasteiger partial charge in [-0.2, -0.15) is 0 Å². The summed E-state index contributed by atoms with van der Waals surface area (Å²) in [6.07, 6.45) is 9.28. The van der Waals surface area contributed by atoms with Gasteiger partial charge in [-0.05, 0) is 87.9 Å². The first kappa shape index (κ1) is 36.5. The number of likely N-dealkylation sites (tertiary alicyclic amines) is 3. The van der Waals surface area contributed by atoms with Crippen LogP contribution in [0.25, 0.3) is 0 Å². The topological polar surface area (TPSA) is 78.0 Å². The van der Waals surface area contributed by atoms with E-state index in [1.807, 2.05) is 29.3 Å². The number of amides is 3. The second-order valence-corrected chi connectivity index (χ2v) is 12.6. The Bertz CT molecular complexity index is 1220. The second kappa shape index (κ2) is 17.7. The third-order valence-electron chi connectivity index (χ3n) is 8.98. The predicted molar refractivity (Wildman–Crippen MR) is 181 cm³/mol. The number of urea groups is 1. The minimum Gasteiger partial charge on any atom is -0.490 e. The smallest absolute Gasteiger partial charge is 0.318 e. The Kier molecular flexibility index (Phi) is 14.6. The molecule has 1 aromatic heterocycles. The van der Waals surface area contributed by atoms with Crippen LogP contribution in [0.15, 0.2) is 36.5 Å². The first-order valence-corrected chi connectivity index (χ1v) is 16.3. The van der Waals surface area contributed by atoms with Crippen LogP contribution < -0.4 is 10.1 Å². The van der Waals surface area contributed by atoms with Crippen LogP contribution in [0.3, 0.4) is 0 Å². The van der Waals surface area contributed by atoms with Crippen LogP contribution >= 0.6 is 48.0 Å². The number of piperidine rings is 1. The monoisotopic (exact) mass is 687 g/mol. The molecule has 44 heavy (non-hydrogen) atoms. The predicted octanol–water partition coefficient (Wildman–Crippen LogP) is 6.61. The molecule has 2 aromatic rings. The summed E-state index contributed by atoms with van der Waals surface area (Å²) in [6.45, 7) is 7.81. The minimum atomic E-state index is -0.710. The molecule has 2 atom stereocenters. The number of ether oxygens (including phenoxy) is 1. The molecule has 0 aliphatic carbocycles. The van der Waals surface area contributed by atoms with E-state index in [1.54, 1.807) is 17.0 Å². The molecule has 1 aromatic carbocycles. The van der Waals surface area contributed by atoms with Crippen LogP contribution in [0.2, 0.25) is 10.0 Å². The number of nitrogens with zero attached hydrogens (tertiary/aromatic N) is 4. The fourth-order valence-corrected chi connectivity index (χ4v) is 6.95. The van der Waals surface area contributed by atoms with Gasteiger partial charge < -0.3 is 19.9 Å². The van der Waals surface area contributed by atoms with Gasteiger partial charge in [0.2, 0.25) is 5.91 Å².